The second kappa shape index (κ2) is 5.85. The number of hydrogen-bond donors (Lipinski definition) is 1. The van der Waals surface area contributed by atoms with Gasteiger partial charge in [-0.1, -0.05) is 22.0 Å². The third-order valence-electron chi connectivity index (χ3n) is 3.37. The van der Waals surface area contributed by atoms with E-state index in [0.717, 1.165) is 32.5 Å². The van der Waals surface area contributed by atoms with E-state index in [2.05, 4.69) is 39.9 Å². The van der Waals surface area contributed by atoms with E-state index >= 15 is 0 Å². The van der Waals surface area contributed by atoms with E-state index in [-0.39, 0.29) is 6.42 Å². The zero-order chi connectivity index (χ0) is 13.1. The molecule has 4 heteroatoms. The van der Waals surface area contributed by atoms with Gasteiger partial charge in [0.1, 0.15) is 0 Å². The molecule has 0 saturated heterocycles. The first-order valence-corrected chi connectivity index (χ1v) is 7.07. The molecule has 3 nitrogen and oxygen atoms in total. The molecular weight excluding hydrogens is 294 g/mol. The van der Waals surface area contributed by atoms with Crippen molar-refractivity contribution in [3.05, 3.63) is 33.3 Å². The second-order valence-electron chi connectivity index (χ2n) is 4.91. The molecule has 2 rings (SSSR count). The largest absolute Gasteiger partial charge is 0.481 e. The molecule has 0 spiro atoms. The lowest BCUT2D eigenvalue weighted by Crippen LogP contribution is -2.31. The molecule has 0 bridgehead atoms. The van der Waals surface area contributed by atoms with Crippen molar-refractivity contribution < 1.29 is 9.90 Å². The van der Waals surface area contributed by atoms with Gasteiger partial charge in [-0.2, -0.15) is 0 Å². The van der Waals surface area contributed by atoms with Gasteiger partial charge in [0, 0.05) is 24.0 Å². The van der Waals surface area contributed by atoms with E-state index in [4.69, 9.17) is 5.11 Å². The molecule has 1 aromatic rings. The number of carbonyl (C=O) groups is 1. The predicted octanol–water partition coefficient (Wildman–Crippen LogP) is 2.98. The Morgan fingerprint density at radius 3 is 3.00 bits per heavy atom. The molecule has 0 unspecified atom stereocenters. The van der Waals surface area contributed by atoms with Gasteiger partial charge in [-0.05, 0) is 49.1 Å². The molecule has 18 heavy (non-hydrogen) atoms. The lowest BCUT2D eigenvalue weighted by molar-refractivity contribution is -0.137. The third-order valence-corrected chi connectivity index (χ3v) is 4.08. The van der Waals surface area contributed by atoms with Gasteiger partial charge in [-0.3, -0.25) is 9.69 Å². The minimum absolute atomic E-state index is 0.265. The van der Waals surface area contributed by atoms with Crippen LogP contribution in [0.3, 0.4) is 0 Å². The maximum Gasteiger partial charge on any atom is 0.303 e. The first-order valence-electron chi connectivity index (χ1n) is 6.28. The minimum atomic E-state index is -0.703. The molecule has 98 valence electrons. The summed E-state index contributed by atoms with van der Waals surface area (Å²) in [5.74, 6) is -0.703. The van der Waals surface area contributed by atoms with Crippen LogP contribution in [0.2, 0.25) is 0 Å². The van der Waals surface area contributed by atoms with Crippen LogP contribution < -0.4 is 0 Å². The van der Waals surface area contributed by atoms with Crippen LogP contribution in [0.5, 0.6) is 0 Å². The van der Waals surface area contributed by atoms with Crippen molar-refractivity contribution in [2.24, 2.45) is 0 Å². The van der Waals surface area contributed by atoms with E-state index in [1.54, 1.807) is 0 Å². The Bertz CT molecular complexity index is 459. The Hall–Kier alpha value is -0.870. The summed E-state index contributed by atoms with van der Waals surface area (Å²) in [4.78, 5) is 12.8. The molecule has 0 amide bonds. The van der Waals surface area contributed by atoms with Crippen LogP contribution in [0.1, 0.15) is 29.5 Å². The number of rotatable bonds is 4. The van der Waals surface area contributed by atoms with Gasteiger partial charge in [-0.25, -0.2) is 0 Å². The van der Waals surface area contributed by atoms with Crippen LogP contribution in [0.4, 0.5) is 0 Å². The molecule has 1 aromatic carbocycles. The van der Waals surface area contributed by atoms with Crippen LogP contribution in [-0.4, -0.2) is 29.1 Å². The zero-order valence-corrected chi connectivity index (χ0v) is 12.2. The van der Waals surface area contributed by atoms with Crippen molar-refractivity contribution in [2.75, 3.05) is 13.1 Å². The number of aliphatic carboxylic acids is 1. The standard InChI is InChI=1S/C14H18BrNO2/c1-10-7-11-9-16(5-2-3-14(17)18)6-4-12(11)13(15)8-10/h7-8H,2-6,9H2,1H3,(H,17,18). The molecule has 1 N–H and O–H groups in total. The van der Waals surface area contributed by atoms with Crippen molar-refractivity contribution in [1.82, 2.24) is 4.90 Å². The van der Waals surface area contributed by atoms with E-state index in [0.29, 0.717) is 0 Å². The number of carboxylic acids is 1. The molecule has 0 fully saturated rings. The summed E-state index contributed by atoms with van der Waals surface area (Å²) in [5.41, 5.74) is 4.06. The van der Waals surface area contributed by atoms with Crippen molar-refractivity contribution in [1.29, 1.82) is 0 Å². The first-order chi connectivity index (χ1) is 8.56. The predicted molar refractivity (Wildman–Crippen MR) is 74.7 cm³/mol. The van der Waals surface area contributed by atoms with Gasteiger partial charge in [0.25, 0.3) is 0 Å². The maximum absolute atomic E-state index is 10.5. The minimum Gasteiger partial charge on any atom is -0.481 e. The normalized spacial score (nSPS) is 15.4. The average molecular weight is 312 g/mol. The van der Waals surface area contributed by atoms with E-state index in [1.807, 2.05) is 0 Å². The fourth-order valence-corrected chi connectivity index (χ4v) is 3.31. The third kappa shape index (κ3) is 3.33. The summed E-state index contributed by atoms with van der Waals surface area (Å²) in [6.45, 7) is 4.94. The summed E-state index contributed by atoms with van der Waals surface area (Å²) in [7, 11) is 0. The van der Waals surface area contributed by atoms with E-state index < -0.39 is 5.97 Å². The number of aryl methyl sites for hydroxylation is 1. The summed E-state index contributed by atoms with van der Waals surface area (Å²) >= 11 is 3.63. The summed E-state index contributed by atoms with van der Waals surface area (Å²) < 4.78 is 1.21. The average Bonchev–Trinajstić information content (AvgIpc) is 2.27. The van der Waals surface area contributed by atoms with E-state index in [1.165, 1.54) is 21.2 Å². The van der Waals surface area contributed by atoms with Gasteiger partial charge >= 0.3 is 5.97 Å². The Labute approximate surface area is 116 Å². The van der Waals surface area contributed by atoms with Crippen molar-refractivity contribution >= 4 is 21.9 Å². The molecule has 0 atom stereocenters. The highest BCUT2D eigenvalue weighted by atomic mass is 79.9. The monoisotopic (exact) mass is 311 g/mol. The fourth-order valence-electron chi connectivity index (χ4n) is 2.50. The molecule has 0 radical (unpaired) electrons. The fraction of sp³-hybridized carbons (Fsp3) is 0.500. The van der Waals surface area contributed by atoms with Crippen LogP contribution in [-0.2, 0) is 17.8 Å². The Kier molecular flexibility index (Phi) is 4.40. The first kappa shape index (κ1) is 13.6. The van der Waals surface area contributed by atoms with Crippen molar-refractivity contribution in [3.8, 4) is 0 Å². The molecular formula is C14H18BrNO2. The van der Waals surface area contributed by atoms with Gasteiger partial charge in [0.05, 0.1) is 0 Å². The highest BCUT2D eigenvalue weighted by Crippen LogP contribution is 2.28. The quantitative estimate of drug-likeness (QED) is 0.929. The molecule has 0 aliphatic carbocycles. The lowest BCUT2D eigenvalue weighted by atomic mass is 9.97. The topological polar surface area (TPSA) is 40.5 Å². The number of fused-ring (bicyclic) bond motifs is 1. The van der Waals surface area contributed by atoms with Gasteiger partial charge in [0.15, 0.2) is 0 Å². The summed E-state index contributed by atoms with van der Waals surface area (Å²) in [5, 5.41) is 8.65. The smallest absolute Gasteiger partial charge is 0.303 e. The molecule has 1 aliphatic heterocycles. The highest BCUT2D eigenvalue weighted by Gasteiger charge is 2.18. The molecule has 1 aliphatic rings. The number of hydrogen-bond acceptors (Lipinski definition) is 2. The number of halogens is 1. The van der Waals surface area contributed by atoms with Gasteiger partial charge in [-0.15, -0.1) is 0 Å². The van der Waals surface area contributed by atoms with Crippen LogP contribution in [0.25, 0.3) is 0 Å². The Balaban J connectivity index is 1.99. The Morgan fingerprint density at radius 2 is 2.28 bits per heavy atom. The van der Waals surface area contributed by atoms with Gasteiger partial charge < -0.3 is 5.11 Å². The van der Waals surface area contributed by atoms with Crippen LogP contribution in [0, 0.1) is 6.92 Å². The molecule has 0 aromatic heterocycles. The van der Waals surface area contributed by atoms with E-state index in [9.17, 15) is 4.79 Å². The molecule has 1 heterocycles. The second-order valence-corrected chi connectivity index (χ2v) is 5.76. The maximum atomic E-state index is 10.5. The number of benzene rings is 1. The summed E-state index contributed by atoms with van der Waals surface area (Å²) in [6, 6.07) is 4.41. The zero-order valence-electron chi connectivity index (χ0n) is 10.6. The number of carboxylic acid groups (broad SMARTS) is 1. The highest BCUT2D eigenvalue weighted by molar-refractivity contribution is 9.10. The van der Waals surface area contributed by atoms with Crippen LogP contribution in [0.15, 0.2) is 16.6 Å². The van der Waals surface area contributed by atoms with Gasteiger partial charge in [0.2, 0.25) is 0 Å². The summed E-state index contributed by atoms with van der Waals surface area (Å²) in [6.07, 6.45) is 2.04. The van der Waals surface area contributed by atoms with Crippen molar-refractivity contribution in [3.63, 3.8) is 0 Å². The molecule has 0 saturated carbocycles. The van der Waals surface area contributed by atoms with Crippen molar-refractivity contribution in [2.45, 2.75) is 32.7 Å². The Morgan fingerprint density at radius 1 is 1.50 bits per heavy atom. The number of nitrogens with zero attached hydrogens (tertiary/aromatic N) is 1. The van der Waals surface area contributed by atoms with Crippen LogP contribution >= 0.6 is 15.9 Å². The SMILES string of the molecule is Cc1cc(Br)c2c(c1)CN(CCCC(=O)O)CC2. The lowest BCUT2D eigenvalue weighted by Gasteiger charge is -2.29.